The lowest BCUT2D eigenvalue weighted by Crippen LogP contribution is -2.41. The van der Waals surface area contributed by atoms with Crippen molar-refractivity contribution >= 4 is 6.29 Å². The van der Waals surface area contributed by atoms with Crippen LogP contribution in [0.3, 0.4) is 0 Å². The first-order valence-electron chi connectivity index (χ1n) is 6.24. The summed E-state index contributed by atoms with van der Waals surface area (Å²) in [5, 5.41) is 3.22. The highest BCUT2D eigenvalue weighted by atomic mass is 16.5. The maximum atomic E-state index is 11.0. The Morgan fingerprint density at radius 2 is 2.12 bits per heavy atom. The van der Waals surface area contributed by atoms with E-state index in [1.54, 1.807) is 0 Å². The molecule has 1 aliphatic heterocycles. The Hall–Kier alpha value is -1.19. The molecule has 1 aromatic carbocycles. The van der Waals surface area contributed by atoms with Crippen LogP contribution in [0.4, 0.5) is 0 Å². The van der Waals surface area contributed by atoms with Gasteiger partial charge in [-0.15, -0.1) is 0 Å². The lowest BCUT2D eigenvalue weighted by atomic mass is 10.1. The fourth-order valence-corrected chi connectivity index (χ4v) is 2.15. The van der Waals surface area contributed by atoms with Crippen molar-refractivity contribution in [3.63, 3.8) is 0 Å². The molecule has 0 aliphatic carbocycles. The van der Waals surface area contributed by atoms with Crippen molar-refractivity contribution in [2.45, 2.75) is 38.0 Å². The minimum atomic E-state index is -0.152. The third kappa shape index (κ3) is 3.65. The summed E-state index contributed by atoms with van der Waals surface area (Å²) in [6.45, 7) is 1.49. The summed E-state index contributed by atoms with van der Waals surface area (Å²) >= 11 is 0. The van der Waals surface area contributed by atoms with Crippen LogP contribution in [0.15, 0.2) is 30.3 Å². The molecule has 1 saturated heterocycles. The number of ether oxygens (including phenoxy) is 1. The van der Waals surface area contributed by atoms with E-state index in [9.17, 15) is 4.79 Å². The summed E-state index contributed by atoms with van der Waals surface area (Å²) < 4.78 is 5.86. The van der Waals surface area contributed by atoms with E-state index in [4.69, 9.17) is 4.74 Å². The molecule has 92 valence electrons. The monoisotopic (exact) mass is 233 g/mol. The van der Waals surface area contributed by atoms with Crippen LogP contribution in [-0.4, -0.2) is 25.0 Å². The molecular weight excluding hydrogens is 214 g/mol. The van der Waals surface area contributed by atoms with Gasteiger partial charge < -0.3 is 14.8 Å². The van der Waals surface area contributed by atoms with Crippen molar-refractivity contribution in [3.05, 3.63) is 35.9 Å². The molecule has 0 amide bonds. The molecule has 1 aromatic rings. The number of benzene rings is 1. The molecule has 0 spiro atoms. The maximum Gasteiger partial charge on any atom is 0.139 e. The minimum Gasteiger partial charge on any atom is -0.371 e. The SMILES string of the molecule is O=CC1NCCCCC1OCc1ccccc1. The lowest BCUT2D eigenvalue weighted by molar-refractivity contribution is -0.113. The second-order valence-corrected chi connectivity index (χ2v) is 4.45. The average molecular weight is 233 g/mol. The van der Waals surface area contributed by atoms with Gasteiger partial charge in [0, 0.05) is 0 Å². The van der Waals surface area contributed by atoms with Crippen LogP contribution in [0, 0.1) is 0 Å². The zero-order valence-corrected chi connectivity index (χ0v) is 9.97. The fraction of sp³-hybridized carbons (Fsp3) is 0.500. The van der Waals surface area contributed by atoms with Crippen molar-refractivity contribution < 1.29 is 9.53 Å². The van der Waals surface area contributed by atoms with Gasteiger partial charge in [0.25, 0.3) is 0 Å². The Morgan fingerprint density at radius 3 is 2.88 bits per heavy atom. The van der Waals surface area contributed by atoms with E-state index in [0.29, 0.717) is 6.61 Å². The molecule has 3 heteroatoms. The Bertz CT molecular complexity index is 339. The molecule has 3 nitrogen and oxygen atoms in total. The van der Waals surface area contributed by atoms with Crippen LogP contribution < -0.4 is 5.32 Å². The van der Waals surface area contributed by atoms with Crippen molar-refractivity contribution in [1.82, 2.24) is 5.32 Å². The Balaban J connectivity index is 1.89. The maximum absolute atomic E-state index is 11.0. The van der Waals surface area contributed by atoms with Gasteiger partial charge in [0.1, 0.15) is 6.29 Å². The molecule has 0 bridgehead atoms. The molecule has 1 aliphatic rings. The predicted octanol–water partition coefficient (Wildman–Crippen LogP) is 1.91. The van der Waals surface area contributed by atoms with Gasteiger partial charge in [0.15, 0.2) is 0 Å². The summed E-state index contributed by atoms with van der Waals surface area (Å²) in [5.74, 6) is 0. The third-order valence-electron chi connectivity index (χ3n) is 3.15. The van der Waals surface area contributed by atoms with Crippen molar-refractivity contribution in [2.24, 2.45) is 0 Å². The van der Waals surface area contributed by atoms with Crippen molar-refractivity contribution in [2.75, 3.05) is 6.54 Å². The second kappa shape index (κ2) is 6.52. The zero-order valence-electron chi connectivity index (χ0n) is 9.97. The molecule has 2 rings (SSSR count). The molecule has 1 N–H and O–H groups in total. The molecule has 1 fully saturated rings. The number of carbonyl (C=O) groups excluding carboxylic acids is 1. The highest BCUT2D eigenvalue weighted by Gasteiger charge is 2.23. The molecule has 1 heterocycles. The highest BCUT2D eigenvalue weighted by Crippen LogP contribution is 2.14. The summed E-state index contributed by atoms with van der Waals surface area (Å²) in [4.78, 5) is 11.0. The quantitative estimate of drug-likeness (QED) is 0.807. The smallest absolute Gasteiger partial charge is 0.139 e. The zero-order chi connectivity index (χ0) is 11.9. The first-order chi connectivity index (χ1) is 8.40. The van der Waals surface area contributed by atoms with E-state index in [1.807, 2.05) is 30.3 Å². The van der Waals surface area contributed by atoms with Gasteiger partial charge in [-0.1, -0.05) is 30.3 Å². The number of hydrogen-bond donors (Lipinski definition) is 1. The van der Waals surface area contributed by atoms with Gasteiger partial charge >= 0.3 is 0 Å². The fourth-order valence-electron chi connectivity index (χ4n) is 2.15. The normalized spacial score (nSPS) is 25.2. The number of carbonyl (C=O) groups is 1. The van der Waals surface area contributed by atoms with Gasteiger partial charge in [0.2, 0.25) is 0 Å². The molecular formula is C14H19NO2. The summed E-state index contributed by atoms with van der Waals surface area (Å²) in [6.07, 6.45) is 4.19. The second-order valence-electron chi connectivity index (χ2n) is 4.45. The summed E-state index contributed by atoms with van der Waals surface area (Å²) in [5.41, 5.74) is 1.15. The molecule has 0 saturated carbocycles. The first-order valence-corrected chi connectivity index (χ1v) is 6.24. The van der Waals surface area contributed by atoms with Crippen LogP contribution >= 0.6 is 0 Å². The Kier molecular flexibility index (Phi) is 4.71. The Labute approximate surface area is 102 Å². The summed E-state index contributed by atoms with van der Waals surface area (Å²) in [7, 11) is 0. The van der Waals surface area contributed by atoms with Crippen LogP contribution in [0.5, 0.6) is 0 Å². The third-order valence-corrected chi connectivity index (χ3v) is 3.15. The van der Waals surface area contributed by atoms with Crippen molar-refractivity contribution in [3.8, 4) is 0 Å². The van der Waals surface area contributed by atoms with Gasteiger partial charge in [0.05, 0.1) is 18.8 Å². The number of aldehydes is 1. The molecule has 0 radical (unpaired) electrons. The molecule has 2 atom stereocenters. The topological polar surface area (TPSA) is 38.3 Å². The number of hydrogen-bond acceptors (Lipinski definition) is 3. The molecule has 2 unspecified atom stereocenters. The number of nitrogens with one attached hydrogen (secondary N) is 1. The summed E-state index contributed by atoms with van der Waals surface area (Å²) in [6, 6.07) is 9.93. The molecule has 17 heavy (non-hydrogen) atoms. The van der Waals surface area contributed by atoms with E-state index in [2.05, 4.69) is 5.32 Å². The van der Waals surface area contributed by atoms with Crippen LogP contribution in [-0.2, 0) is 16.1 Å². The van der Waals surface area contributed by atoms with Gasteiger partial charge in [-0.2, -0.15) is 0 Å². The first kappa shape index (κ1) is 12.3. The van der Waals surface area contributed by atoms with E-state index in [0.717, 1.165) is 37.7 Å². The van der Waals surface area contributed by atoms with E-state index in [-0.39, 0.29) is 12.1 Å². The van der Waals surface area contributed by atoms with Gasteiger partial charge in [-0.25, -0.2) is 0 Å². The Morgan fingerprint density at radius 1 is 1.29 bits per heavy atom. The average Bonchev–Trinajstić information content (AvgIpc) is 2.62. The standard InChI is InChI=1S/C14H19NO2/c16-10-13-14(8-4-5-9-15-13)17-11-12-6-2-1-3-7-12/h1-3,6-7,10,13-15H,4-5,8-9,11H2. The number of rotatable bonds is 4. The predicted molar refractivity (Wildman–Crippen MR) is 66.7 cm³/mol. The van der Waals surface area contributed by atoms with Gasteiger partial charge in [-0.3, -0.25) is 0 Å². The van der Waals surface area contributed by atoms with E-state index < -0.39 is 0 Å². The van der Waals surface area contributed by atoms with Crippen molar-refractivity contribution in [1.29, 1.82) is 0 Å². The minimum absolute atomic E-state index is 0.00945. The van der Waals surface area contributed by atoms with Crippen LogP contribution in [0.25, 0.3) is 0 Å². The largest absolute Gasteiger partial charge is 0.371 e. The van der Waals surface area contributed by atoms with Crippen LogP contribution in [0.2, 0.25) is 0 Å². The van der Waals surface area contributed by atoms with E-state index in [1.165, 1.54) is 0 Å². The van der Waals surface area contributed by atoms with Gasteiger partial charge in [-0.05, 0) is 31.4 Å². The lowest BCUT2D eigenvalue weighted by Gasteiger charge is -2.21. The highest BCUT2D eigenvalue weighted by molar-refractivity contribution is 5.58. The van der Waals surface area contributed by atoms with Crippen LogP contribution in [0.1, 0.15) is 24.8 Å². The van der Waals surface area contributed by atoms with E-state index >= 15 is 0 Å². The molecule has 0 aromatic heterocycles.